The van der Waals surface area contributed by atoms with Crippen LogP contribution < -0.4 is 5.32 Å². The zero-order valence-corrected chi connectivity index (χ0v) is 18.1. The molecule has 14 heteroatoms. The van der Waals surface area contributed by atoms with Gasteiger partial charge in [-0.25, -0.2) is 4.79 Å². The summed E-state index contributed by atoms with van der Waals surface area (Å²) in [6.45, 7) is 1.74. The predicted octanol–water partition coefficient (Wildman–Crippen LogP) is -1.47. The maximum Gasteiger partial charge on any atom is 0.328 e. The van der Waals surface area contributed by atoms with E-state index in [4.69, 9.17) is 4.55 Å². The van der Waals surface area contributed by atoms with Crippen LogP contribution in [0.5, 0.6) is 0 Å². The van der Waals surface area contributed by atoms with Crippen LogP contribution in [0.4, 0.5) is 0 Å². The van der Waals surface area contributed by atoms with Crippen LogP contribution in [0.2, 0.25) is 0 Å². The van der Waals surface area contributed by atoms with E-state index in [-0.39, 0.29) is 11.3 Å². The summed E-state index contributed by atoms with van der Waals surface area (Å²) in [5.74, 6) is -8.29. The average Bonchev–Trinajstić information content (AvgIpc) is 2.62. The molecule has 1 aliphatic rings. The molecular weight excluding hydrogens is 456 g/mol. The molecule has 0 aromatic heterocycles. The second kappa shape index (κ2) is 10.5. The van der Waals surface area contributed by atoms with Gasteiger partial charge in [-0.05, 0) is 6.08 Å². The first-order chi connectivity index (χ1) is 14.2. The second-order valence-corrected chi connectivity index (χ2v) is 8.50. The van der Waals surface area contributed by atoms with Crippen molar-refractivity contribution >= 4 is 58.0 Å². The highest BCUT2D eigenvalue weighted by atomic mass is 32.2. The lowest BCUT2D eigenvalue weighted by Gasteiger charge is -2.30. The number of imide groups is 1. The third-order valence-electron chi connectivity index (χ3n) is 4.07. The van der Waals surface area contributed by atoms with Gasteiger partial charge in [0.25, 0.3) is 16.0 Å². The maximum atomic E-state index is 12.8. The Balaban J connectivity index is 3.30. The van der Waals surface area contributed by atoms with Gasteiger partial charge in [-0.2, -0.15) is 21.0 Å². The van der Waals surface area contributed by atoms with E-state index in [0.717, 1.165) is 19.9 Å². The summed E-state index contributed by atoms with van der Waals surface area (Å²) in [6.07, 6.45) is 3.86. The van der Waals surface area contributed by atoms with Crippen LogP contribution in [0, 0.1) is 0 Å². The number of carboxylic acids is 1. The molecule has 31 heavy (non-hydrogen) atoms. The molecule has 0 aromatic rings. The van der Waals surface area contributed by atoms with E-state index in [0.29, 0.717) is 0 Å². The highest BCUT2D eigenvalue weighted by Gasteiger charge is 2.43. The number of Topliss-reactive ketones (excluding diaryl/α,β-unsaturated/α-hetero) is 2. The molecule has 0 radical (unpaired) electrons. The van der Waals surface area contributed by atoms with Gasteiger partial charge in [0.15, 0.2) is 17.6 Å². The van der Waals surface area contributed by atoms with Gasteiger partial charge in [-0.3, -0.25) is 33.4 Å². The van der Waals surface area contributed by atoms with Crippen LogP contribution in [0.3, 0.4) is 0 Å². The van der Waals surface area contributed by atoms with Crippen LogP contribution in [0.1, 0.15) is 20.3 Å². The number of nitrogens with one attached hydrogen (secondary N) is 1. The number of hydrogen-bond acceptors (Lipinski definition) is 9. The molecule has 1 rings (SSSR count). The van der Waals surface area contributed by atoms with Crippen LogP contribution in [0.25, 0.3) is 0 Å². The van der Waals surface area contributed by atoms with Crippen molar-refractivity contribution in [1.29, 1.82) is 0 Å². The van der Waals surface area contributed by atoms with Gasteiger partial charge in [0, 0.05) is 20.3 Å². The molecule has 3 atom stereocenters. The van der Waals surface area contributed by atoms with E-state index in [1.807, 2.05) is 5.32 Å². The maximum absolute atomic E-state index is 12.8. The summed E-state index contributed by atoms with van der Waals surface area (Å²) in [5, 5.41) is 9.42. The molecule has 0 spiro atoms. The number of carbonyl (C=O) groups excluding carboxylic acids is 5. The Hall–Kier alpha value is -2.84. The van der Waals surface area contributed by atoms with E-state index in [1.54, 1.807) is 0 Å². The van der Waals surface area contributed by atoms with E-state index in [2.05, 4.69) is 12.6 Å². The SMILES string of the molecule is CC(=O)N(C(C)=O)[C@H](C(=O)O)[C@H](S)C(=O)[C@H](CS(=O)(=O)O)NC(=O)C1=CC=CCC1=O. The smallest absolute Gasteiger partial charge is 0.328 e. The molecule has 0 saturated carbocycles. The first-order valence-corrected chi connectivity index (χ1v) is 10.7. The lowest BCUT2D eigenvalue weighted by molar-refractivity contribution is -0.157. The predicted molar refractivity (Wildman–Crippen MR) is 108 cm³/mol. The summed E-state index contributed by atoms with van der Waals surface area (Å²) in [6, 6.07) is -4.17. The second-order valence-electron chi connectivity index (χ2n) is 6.45. The minimum absolute atomic E-state index is 0.112. The Labute approximate surface area is 182 Å². The molecule has 3 amide bonds. The first kappa shape index (κ1) is 26.2. The molecule has 0 heterocycles. The molecule has 0 aromatic carbocycles. The van der Waals surface area contributed by atoms with Gasteiger partial charge in [0.05, 0.1) is 10.8 Å². The normalized spacial score (nSPS) is 16.5. The Morgan fingerprint density at radius 1 is 1.19 bits per heavy atom. The fourth-order valence-electron chi connectivity index (χ4n) is 2.75. The molecule has 1 aliphatic carbocycles. The molecule has 0 fully saturated rings. The molecule has 170 valence electrons. The van der Waals surface area contributed by atoms with Crippen molar-refractivity contribution in [2.24, 2.45) is 0 Å². The number of thiol groups is 1. The van der Waals surface area contributed by atoms with Crippen molar-refractivity contribution in [2.45, 2.75) is 37.6 Å². The van der Waals surface area contributed by atoms with Gasteiger partial charge >= 0.3 is 5.97 Å². The molecule has 0 bridgehead atoms. The molecule has 0 aliphatic heterocycles. The number of carbonyl (C=O) groups is 6. The number of allylic oxidation sites excluding steroid dienone is 3. The van der Waals surface area contributed by atoms with Crippen LogP contribution in [-0.2, 0) is 38.9 Å². The van der Waals surface area contributed by atoms with Gasteiger partial charge in [-0.15, -0.1) is 0 Å². The standard InChI is InChI=1S/C17H20N2O10S2/c1-8(20)19(9(2)21)13(17(25)26)15(30)14(23)11(7-31(27,28)29)18-16(24)10-5-3-4-6-12(10)22/h3-5,11,13,15,30H,6-7H2,1-2H3,(H,18,24)(H,25,26)(H,27,28,29)/t11-,13-,15-/m0/s1. The highest BCUT2D eigenvalue weighted by molar-refractivity contribution is 7.85. The fraction of sp³-hybridized carbons (Fsp3) is 0.412. The van der Waals surface area contributed by atoms with Gasteiger partial charge in [0.2, 0.25) is 11.8 Å². The number of nitrogens with zero attached hydrogens (tertiary/aromatic N) is 1. The third kappa shape index (κ3) is 7.11. The largest absolute Gasteiger partial charge is 0.480 e. The zero-order valence-electron chi connectivity index (χ0n) is 16.3. The Kier molecular flexibility index (Phi) is 8.84. The number of aliphatic carboxylic acids is 1. The number of ketones is 2. The van der Waals surface area contributed by atoms with Crippen molar-refractivity contribution in [3.8, 4) is 0 Å². The fourth-order valence-corrected chi connectivity index (χ4v) is 3.86. The van der Waals surface area contributed by atoms with Crippen molar-refractivity contribution in [3.63, 3.8) is 0 Å². The van der Waals surface area contributed by atoms with Gasteiger partial charge in [-0.1, -0.05) is 12.2 Å². The highest BCUT2D eigenvalue weighted by Crippen LogP contribution is 2.17. The molecular formula is C17H20N2O10S2. The lowest BCUT2D eigenvalue weighted by atomic mass is 10.00. The zero-order chi connectivity index (χ0) is 24.1. The Morgan fingerprint density at radius 3 is 2.16 bits per heavy atom. The summed E-state index contributed by atoms with van der Waals surface area (Å²) >= 11 is 3.85. The number of carboxylic acid groups (broad SMARTS) is 1. The van der Waals surface area contributed by atoms with Crippen molar-refractivity contribution in [1.82, 2.24) is 10.2 Å². The van der Waals surface area contributed by atoms with Gasteiger partial charge < -0.3 is 10.4 Å². The van der Waals surface area contributed by atoms with Crippen LogP contribution in [-0.4, -0.2) is 81.3 Å². The summed E-state index contributed by atoms with van der Waals surface area (Å²) in [4.78, 5) is 72.3. The van der Waals surface area contributed by atoms with Crippen molar-refractivity contribution < 1.29 is 46.8 Å². The van der Waals surface area contributed by atoms with Crippen molar-refractivity contribution in [3.05, 3.63) is 23.8 Å². The minimum Gasteiger partial charge on any atom is -0.480 e. The van der Waals surface area contributed by atoms with Crippen molar-refractivity contribution in [2.75, 3.05) is 5.75 Å². The minimum atomic E-state index is -4.87. The lowest BCUT2D eigenvalue weighted by Crippen LogP contribution is -2.58. The van der Waals surface area contributed by atoms with E-state index in [1.165, 1.54) is 12.2 Å². The molecule has 0 unspecified atom stereocenters. The molecule has 3 N–H and O–H groups in total. The number of hydrogen-bond donors (Lipinski definition) is 4. The van der Waals surface area contributed by atoms with E-state index >= 15 is 0 Å². The Morgan fingerprint density at radius 2 is 1.74 bits per heavy atom. The molecule has 0 saturated heterocycles. The first-order valence-electron chi connectivity index (χ1n) is 8.58. The topological polar surface area (TPSA) is 192 Å². The van der Waals surface area contributed by atoms with Gasteiger partial charge in [0.1, 0.15) is 11.8 Å². The number of amides is 3. The third-order valence-corrected chi connectivity index (χ3v) is 5.37. The Bertz CT molecular complexity index is 969. The van der Waals surface area contributed by atoms with Crippen LogP contribution in [0.15, 0.2) is 23.8 Å². The quantitative estimate of drug-likeness (QED) is 0.173. The van der Waals surface area contributed by atoms with E-state index in [9.17, 15) is 42.3 Å². The molecule has 12 nitrogen and oxygen atoms in total. The monoisotopic (exact) mass is 476 g/mol. The summed E-state index contributed by atoms with van der Waals surface area (Å²) in [7, 11) is -4.87. The van der Waals surface area contributed by atoms with E-state index < -0.39 is 74.0 Å². The number of rotatable bonds is 9. The summed E-state index contributed by atoms with van der Waals surface area (Å²) < 4.78 is 31.8. The average molecular weight is 476 g/mol. The van der Waals surface area contributed by atoms with Crippen LogP contribution >= 0.6 is 12.6 Å². The summed E-state index contributed by atoms with van der Waals surface area (Å²) in [5.41, 5.74) is -0.393.